The highest BCUT2D eigenvalue weighted by Gasteiger charge is 2.64. The second-order valence-electron chi connectivity index (χ2n) is 9.08. The Morgan fingerprint density at radius 1 is 1.26 bits per heavy atom. The Balaban J connectivity index is 1.54. The van der Waals surface area contributed by atoms with Crippen LogP contribution in [0.25, 0.3) is 11.8 Å². The number of nitrogens with zero attached hydrogens (tertiary/aromatic N) is 4. The van der Waals surface area contributed by atoms with Crippen molar-refractivity contribution in [3.05, 3.63) is 83.3 Å². The summed E-state index contributed by atoms with van der Waals surface area (Å²) in [6, 6.07) is 10.2. The van der Waals surface area contributed by atoms with Crippen molar-refractivity contribution in [3.63, 3.8) is 0 Å². The quantitative estimate of drug-likeness (QED) is 0.376. The van der Waals surface area contributed by atoms with E-state index in [0.29, 0.717) is 22.6 Å². The lowest BCUT2D eigenvalue weighted by Gasteiger charge is -2.28. The molecular weight excluding hydrogens is 506 g/mol. The summed E-state index contributed by atoms with van der Waals surface area (Å²) in [5, 5.41) is 13.3. The van der Waals surface area contributed by atoms with Crippen LogP contribution in [0.3, 0.4) is 0 Å². The summed E-state index contributed by atoms with van der Waals surface area (Å²) in [5.74, 6) is -1.08. The molecule has 2 heterocycles. The molecule has 3 aromatic rings. The molecule has 12 heteroatoms. The van der Waals surface area contributed by atoms with Gasteiger partial charge in [0, 0.05) is 12.6 Å². The minimum absolute atomic E-state index is 0.0419. The maximum Gasteiger partial charge on any atom is 0.408 e. The number of imidazole rings is 1. The van der Waals surface area contributed by atoms with Gasteiger partial charge in [0.2, 0.25) is 5.96 Å². The maximum absolute atomic E-state index is 13.6. The van der Waals surface area contributed by atoms with Gasteiger partial charge in [0.1, 0.15) is 29.3 Å². The first-order valence-electron chi connectivity index (χ1n) is 11.6. The van der Waals surface area contributed by atoms with Gasteiger partial charge in [-0.25, -0.2) is 14.4 Å². The third-order valence-electron chi connectivity index (χ3n) is 6.44. The van der Waals surface area contributed by atoms with E-state index in [4.69, 9.17) is 4.74 Å². The fraction of sp³-hybridized carbons (Fsp3) is 0.269. The zero-order valence-corrected chi connectivity index (χ0v) is 20.3. The highest BCUT2D eigenvalue weighted by molar-refractivity contribution is 6.16. The van der Waals surface area contributed by atoms with Crippen molar-refractivity contribution in [3.8, 4) is 11.4 Å². The fourth-order valence-corrected chi connectivity index (χ4v) is 4.56. The van der Waals surface area contributed by atoms with E-state index >= 15 is 0 Å². The third-order valence-corrected chi connectivity index (χ3v) is 6.44. The fourth-order valence-electron chi connectivity index (χ4n) is 4.56. The molecule has 198 valence electrons. The molecule has 2 atom stereocenters. The van der Waals surface area contributed by atoms with Crippen LogP contribution in [-0.4, -0.2) is 57.4 Å². The van der Waals surface area contributed by atoms with E-state index < -0.39 is 36.1 Å². The molecule has 0 spiro atoms. The second-order valence-corrected chi connectivity index (χ2v) is 9.08. The van der Waals surface area contributed by atoms with Gasteiger partial charge in [-0.1, -0.05) is 18.2 Å². The number of halogens is 4. The van der Waals surface area contributed by atoms with Crippen LogP contribution in [0, 0.1) is 12.7 Å². The van der Waals surface area contributed by atoms with Crippen LogP contribution in [0.5, 0.6) is 5.75 Å². The van der Waals surface area contributed by atoms with Gasteiger partial charge in [-0.05, 0) is 48.4 Å². The van der Waals surface area contributed by atoms with Crippen LogP contribution in [0.2, 0.25) is 0 Å². The Kier molecular flexibility index (Phi) is 6.22. The lowest BCUT2D eigenvalue weighted by Crippen LogP contribution is -2.44. The molecule has 1 aliphatic heterocycles. The second kappa shape index (κ2) is 9.28. The molecule has 8 nitrogen and oxygen atoms in total. The van der Waals surface area contributed by atoms with Gasteiger partial charge in [-0.15, -0.1) is 0 Å². The predicted octanol–water partition coefficient (Wildman–Crippen LogP) is 3.68. The minimum atomic E-state index is -4.62. The Morgan fingerprint density at radius 3 is 2.55 bits per heavy atom. The number of nitrogens with one attached hydrogen (secondary N) is 1. The number of hydrogen-bond donors (Lipinski definition) is 2. The van der Waals surface area contributed by atoms with Crippen molar-refractivity contribution >= 4 is 17.9 Å². The molecule has 1 saturated carbocycles. The Hall–Kier alpha value is -4.19. The summed E-state index contributed by atoms with van der Waals surface area (Å²) in [4.78, 5) is 22.4. The molecule has 5 rings (SSSR count). The van der Waals surface area contributed by atoms with Crippen molar-refractivity contribution in [1.82, 2.24) is 19.8 Å². The van der Waals surface area contributed by atoms with E-state index in [9.17, 15) is 27.5 Å². The van der Waals surface area contributed by atoms with E-state index in [1.165, 1.54) is 25.3 Å². The van der Waals surface area contributed by atoms with Crippen LogP contribution in [0.15, 0.2) is 65.7 Å². The van der Waals surface area contributed by atoms with Crippen LogP contribution in [-0.2, 0) is 10.3 Å². The van der Waals surface area contributed by atoms with Crippen molar-refractivity contribution in [2.45, 2.75) is 31.2 Å². The third kappa shape index (κ3) is 4.62. The number of ether oxygens (including phenoxy) is 1. The summed E-state index contributed by atoms with van der Waals surface area (Å²) in [7, 11) is 1.49. The van der Waals surface area contributed by atoms with E-state index in [1.54, 1.807) is 29.1 Å². The summed E-state index contributed by atoms with van der Waals surface area (Å²) >= 11 is 0. The summed E-state index contributed by atoms with van der Waals surface area (Å²) < 4.78 is 59.9. The topological polar surface area (TPSA) is 92.0 Å². The number of aliphatic imine (C=N–C) groups is 1. The highest BCUT2D eigenvalue weighted by Crippen LogP contribution is 2.52. The normalized spacial score (nSPS) is 23.3. The molecule has 1 amide bonds. The first-order chi connectivity index (χ1) is 18.0. The first kappa shape index (κ1) is 25.5. The van der Waals surface area contributed by atoms with Crippen molar-refractivity contribution < 1.29 is 32.2 Å². The minimum Gasteiger partial charge on any atom is -0.495 e. The summed E-state index contributed by atoms with van der Waals surface area (Å²) in [5.41, 5.74) is 0.999. The molecule has 1 unspecified atom stereocenters. The molecule has 1 aliphatic carbocycles. The number of benzene rings is 2. The molecule has 1 aromatic heterocycles. The largest absolute Gasteiger partial charge is 0.495 e. The average molecular weight is 529 g/mol. The summed E-state index contributed by atoms with van der Waals surface area (Å²) in [6.45, 7) is 0.313. The Morgan fingerprint density at radius 2 is 1.97 bits per heavy atom. The molecule has 38 heavy (non-hydrogen) atoms. The lowest BCUT2D eigenvalue weighted by atomic mass is 10.0. The number of carbonyl (C=O) groups excluding carboxylic acids is 1. The number of aliphatic hydroxyl groups is 1. The van der Waals surface area contributed by atoms with Crippen LogP contribution >= 0.6 is 0 Å². The molecule has 2 fully saturated rings. The van der Waals surface area contributed by atoms with E-state index in [0.717, 1.165) is 22.7 Å². The van der Waals surface area contributed by atoms with Crippen LogP contribution in [0.4, 0.5) is 17.6 Å². The van der Waals surface area contributed by atoms with Gasteiger partial charge in [0.05, 0.1) is 30.9 Å². The lowest BCUT2D eigenvalue weighted by molar-refractivity contribution is -0.126. The number of rotatable bonds is 6. The number of amides is 1. The van der Waals surface area contributed by atoms with Gasteiger partial charge in [-0.3, -0.25) is 9.69 Å². The van der Waals surface area contributed by atoms with Crippen molar-refractivity contribution in [2.24, 2.45) is 4.99 Å². The van der Waals surface area contributed by atoms with Gasteiger partial charge in [-0.2, -0.15) is 13.2 Å². The smallest absolute Gasteiger partial charge is 0.408 e. The highest BCUT2D eigenvalue weighted by atomic mass is 19.4. The Labute approximate surface area is 214 Å². The van der Waals surface area contributed by atoms with Crippen molar-refractivity contribution in [2.75, 3.05) is 13.7 Å². The first-order valence-corrected chi connectivity index (χ1v) is 11.6. The van der Waals surface area contributed by atoms with Crippen LogP contribution < -0.4 is 10.1 Å². The number of guanidine groups is 1. The number of methoxy groups -OCH3 is 1. The summed E-state index contributed by atoms with van der Waals surface area (Å²) in [6.07, 6.45) is -0.733. The number of aliphatic hydroxyl groups excluding tert-OH is 1. The molecule has 0 bridgehead atoms. The zero-order chi connectivity index (χ0) is 27.2. The zero-order valence-electron chi connectivity index (χ0n) is 20.3. The van der Waals surface area contributed by atoms with Crippen molar-refractivity contribution in [1.29, 1.82) is 0 Å². The number of aryl methyl sites for hydroxylation is 1. The van der Waals surface area contributed by atoms with E-state index in [-0.39, 0.29) is 18.1 Å². The molecule has 2 N–H and O–H groups in total. The number of hydrogen-bond acceptors (Lipinski definition) is 5. The number of alkyl halides is 3. The van der Waals surface area contributed by atoms with E-state index in [2.05, 4.69) is 15.3 Å². The van der Waals surface area contributed by atoms with Gasteiger partial charge in [0.15, 0.2) is 0 Å². The molecule has 2 aromatic carbocycles. The van der Waals surface area contributed by atoms with Gasteiger partial charge >= 0.3 is 6.18 Å². The molecular formula is C26H23F4N5O3. The van der Waals surface area contributed by atoms with Crippen LogP contribution in [0.1, 0.15) is 23.2 Å². The molecule has 1 saturated heterocycles. The van der Waals surface area contributed by atoms with Gasteiger partial charge < -0.3 is 19.7 Å². The average Bonchev–Trinajstić information content (AvgIpc) is 3.17. The van der Waals surface area contributed by atoms with E-state index in [1.807, 2.05) is 13.1 Å². The monoisotopic (exact) mass is 529 g/mol. The Bertz CT molecular complexity index is 1450. The standard InChI is InChI=1S/C26H23F4N5O3/c1-15-12-34(14-32-15)20-8-3-16(10-21(20)38-2)9-19-23(37)35(24(33-19)31-13-26(28,29)30)25(11-22(25)36)17-4-6-18(27)7-5-17/h3-10,12,14,22,36H,11,13H2,1-2H3,(H,31,33)/b19-9-/t22-,25?/m1/s1. The van der Waals surface area contributed by atoms with Gasteiger partial charge in [0.25, 0.3) is 5.91 Å². The number of aromatic nitrogens is 2. The maximum atomic E-state index is 13.6. The number of carbonyl (C=O) groups is 1. The SMILES string of the molecule is COc1cc(/C=C2\NC(=NCC(F)(F)F)N(C3(c4ccc(F)cc4)C[C@H]3O)C2=O)ccc1-n1cnc(C)c1. The molecule has 0 radical (unpaired) electrons. The molecule has 2 aliphatic rings. The predicted molar refractivity (Wildman–Crippen MR) is 130 cm³/mol.